The molecule has 0 bridgehead atoms. The minimum atomic E-state index is -0.566. The summed E-state index contributed by atoms with van der Waals surface area (Å²) >= 11 is 0. The van der Waals surface area contributed by atoms with Gasteiger partial charge in [-0.25, -0.2) is 9.97 Å². The third kappa shape index (κ3) is 3.04. The standard InChI is InChI=1S/C21H17N5O3/c22-19(27)14-8-4-7-13-16(14)26-29-17(13)21-24-15-9-10-28-18(15)20(25-21)23-11-12-5-2-1-3-6-12/h1-8H,9-11H2,(H2,22,27)(H,23,24,25). The van der Waals surface area contributed by atoms with Gasteiger partial charge in [0.25, 0.3) is 5.91 Å². The van der Waals surface area contributed by atoms with E-state index in [4.69, 9.17) is 15.0 Å². The molecule has 0 fully saturated rings. The number of ether oxygens (including phenoxy) is 1. The molecule has 0 aliphatic carbocycles. The van der Waals surface area contributed by atoms with Gasteiger partial charge in [-0.3, -0.25) is 4.79 Å². The number of hydrogen-bond donors (Lipinski definition) is 2. The fraction of sp³-hybridized carbons (Fsp3) is 0.143. The van der Waals surface area contributed by atoms with Crippen LogP contribution >= 0.6 is 0 Å². The summed E-state index contributed by atoms with van der Waals surface area (Å²) < 4.78 is 11.3. The van der Waals surface area contributed by atoms with E-state index in [1.165, 1.54) is 0 Å². The molecule has 0 saturated carbocycles. The lowest BCUT2D eigenvalue weighted by atomic mass is 10.1. The topological polar surface area (TPSA) is 116 Å². The Morgan fingerprint density at radius 1 is 1.10 bits per heavy atom. The number of benzene rings is 2. The predicted molar refractivity (Wildman–Crippen MR) is 107 cm³/mol. The minimum absolute atomic E-state index is 0.296. The van der Waals surface area contributed by atoms with Gasteiger partial charge >= 0.3 is 0 Å². The van der Waals surface area contributed by atoms with E-state index in [0.717, 1.165) is 11.3 Å². The molecule has 3 heterocycles. The van der Waals surface area contributed by atoms with Crippen molar-refractivity contribution in [2.24, 2.45) is 5.73 Å². The minimum Gasteiger partial charge on any atom is -0.487 e. The fourth-order valence-corrected chi connectivity index (χ4v) is 3.40. The SMILES string of the molecule is NC(=O)c1cccc2c(-c3nc4c(c(NCc5ccccc5)n3)OCC4)onc12. The van der Waals surface area contributed by atoms with Gasteiger partial charge in [-0.2, -0.15) is 0 Å². The van der Waals surface area contributed by atoms with Crippen molar-refractivity contribution in [3.63, 3.8) is 0 Å². The van der Waals surface area contributed by atoms with E-state index < -0.39 is 5.91 Å². The monoisotopic (exact) mass is 387 g/mol. The lowest BCUT2D eigenvalue weighted by Crippen LogP contribution is -2.11. The Morgan fingerprint density at radius 3 is 2.79 bits per heavy atom. The highest BCUT2D eigenvalue weighted by molar-refractivity contribution is 6.07. The van der Waals surface area contributed by atoms with Crippen molar-refractivity contribution in [2.45, 2.75) is 13.0 Å². The zero-order chi connectivity index (χ0) is 19.8. The molecule has 0 atom stereocenters. The average Bonchev–Trinajstić information content (AvgIpc) is 3.39. The van der Waals surface area contributed by atoms with E-state index in [0.29, 0.717) is 59.2 Å². The van der Waals surface area contributed by atoms with Crippen molar-refractivity contribution in [1.82, 2.24) is 15.1 Å². The second-order valence-electron chi connectivity index (χ2n) is 6.69. The second kappa shape index (κ2) is 6.90. The zero-order valence-electron chi connectivity index (χ0n) is 15.4. The Hall–Kier alpha value is -3.94. The van der Waals surface area contributed by atoms with Crippen molar-refractivity contribution in [3.8, 4) is 17.3 Å². The normalized spacial score (nSPS) is 12.6. The molecule has 0 spiro atoms. The van der Waals surface area contributed by atoms with Crippen LogP contribution in [0.2, 0.25) is 0 Å². The molecule has 2 aromatic carbocycles. The van der Waals surface area contributed by atoms with Crippen molar-refractivity contribution in [2.75, 3.05) is 11.9 Å². The van der Waals surface area contributed by atoms with Crippen LogP contribution < -0.4 is 15.8 Å². The molecule has 2 aromatic heterocycles. The highest BCUT2D eigenvalue weighted by Gasteiger charge is 2.25. The van der Waals surface area contributed by atoms with Crippen molar-refractivity contribution in [3.05, 3.63) is 65.4 Å². The summed E-state index contributed by atoms with van der Waals surface area (Å²) in [6.07, 6.45) is 0.684. The summed E-state index contributed by atoms with van der Waals surface area (Å²) in [6, 6.07) is 15.2. The van der Waals surface area contributed by atoms with Crippen LogP contribution in [0.15, 0.2) is 53.1 Å². The van der Waals surface area contributed by atoms with Gasteiger partial charge in [-0.05, 0) is 17.7 Å². The van der Waals surface area contributed by atoms with E-state index in [2.05, 4.69) is 20.4 Å². The maximum atomic E-state index is 11.7. The summed E-state index contributed by atoms with van der Waals surface area (Å²) in [5.74, 6) is 1.46. The molecule has 3 N–H and O–H groups in total. The van der Waals surface area contributed by atoms with Crippen LogP contribution in [0.5, 0.6) is 5.75 Å². The van der Waals surface area contributed by atoms with Gasteiger partial charge in [0.2, 0.25) is 11.6 Å². The van der Waals surface area contributed by atoms with E-state index in [1.54, 1.807) is 18.2 Å². The number of aromatic nitrogens is 3. The molecule has 8 nitrogen and oxygen atoms in total. The van der Waals surface area contributed by atoms with Gasteiger partial charge in [0.15, 0.2) is 11.6 Å². The number of rotatable bonds is 5. The summed E-state index contributed by atoms with van der Waals surface area (Å²) in [5, 5.41) is 7.99. The summed E-state index contributed by atoms with van der Waals surface area (Å²) in [5.41, 5.74) is 8.06. The molecular weight excluding hydrogens is 370 g/mol. The number of hydrogen-bond acceptors (Lipinski definition) is 7. The quantitative estimate of drug-likeness (QED) is 0.541. The molecule has 5 rings (SSSR count). The molecule has 0 unspecified atom stereocenters. The highest BCUT2D eigenvalue weighted by atomic mass is 16.5. The molecule has 144 valence electrons. The molecule has 1 aliphatic heterocycles. The third-order valence-electron chi connectivity index (χ3n) is 4.80. The molecule has 4 aromatic rings. The van der Waals surface area contributed by atoms with Crippen LogP contribution in [0.25, 0.3) is 22.5 Å². The van der Waals surface area contributed by atoms with E-state index in [9.17, 15) is 4.79 Å². The van der Waals surface area contributed by atoms with E-state index in [-0.39, 0.29) is 0 Å². The van der Waals surface area contributed by atoms with Gasteiger partial charge in [-0.15, -0.1) is 0 Å². The first-order valence-corrected chi connectivity index (χ1v) is 9.21. The van der Waals surface area contributed by atoms with Crippen LogP contribution in [0, 0.1) is 0 Å². The first-order valence-electron chi connectivity index (χ1n) is 9.21. The number of primary amides is 1. The number of carbonyl (C=O) groups excluding carboxylic acids is 1. The maximum absolute atomic E-state index is 11.7. The lowest BCUT2D eigenvalue weighted by molar-refractivity contribution is 0.100. The van der Waals surface area contributed by atoms with E-state index in [1.807, 2.05) is 30.3 Å². The second-order valence-corrected chi connectivity index (χ2v) is 6.69. The Bertz CT molecular complexity index is 1220. The smallest absolute Gasteiger partial charge is 0.251 e. The number of carbonyl (C=O) groups is 1. The number of fused-ring (bicyclic) bond motifs is 2. The van der Waals surface area contributed by atoms with Crippen molar-refractivity contribution < 1.29 is 14.1 Å². The molecule has 29 heavy (non-hydrogen) atoms. The van der Waals surface area contributed by atoms with Crippen LogP contribution in [-0.4, -0.2) is 27.6 Å². The maximum Gasteiger partial charge on any atom is 0.251 e. The van der Waals surface area contributed by atoms with Crippen LogP contribution in [0.4, 0.5) is 5.82 Å². The molecule has 1 aliphatic rings. The molecular formula is C21H17N5O3. The van der Waals surface area contributed by atoms with Gasteiger partial charge in [0.1, 0.15) is 5.52 Å². The first kappa shape index (κ1) is 17.2. The average molecular weight is 387 g/mol. The number of amides is 1. The number of nitrogens with one attached hydrogen (secondary N) is 1. The fourth-order valence-electron chi connectivity index (χ4n) is 3.40. The van der Waals surface area contributed by atoms with Crippen molar-refractivity contribution in [1.29, 1.82) is 0 Å². The first-order chi connectivity index (χ1) is 14.2. The Balaban J connectivity index is 1.57. The zero-order valence-corrected chi connectivity index (χ0v) is 15.4. The Labute approximate surface area is 165 Å². The number of nitrogens with zero attached hydrogens (tertiary/aromatic N) is 3. The van der Waals surface area contributed by atoms with Crippen LogP contribution in [-0.2, 0) is 13.0 Å². The predicted octanol–water partition coefficient (Wildman–Crippen LogP) is 2.93. The molecule has 0 saturated heterocycles. The highest BCUT2D eigenvalue weighted by Crippen LogP contribution is 2.35. The third-order valence-corrected chi connectivity index (χ3v) is 4.80. The van der Waals surface area contributed by atoms with E-state index >= 15 is 0 Å². The number of anilines is 1. The van der Waals surface area contributed by atoms with Crippen LogP contribution in [0.1, 0.15) is 21.6 Å². The van der Waals surface area contributed by atoms with Gasteiger partial charge in [0, 0.05) is 13.0 Å². The Morgan fingerprint density at radius 2 is 1.97 bits per heavy atom. The van der Waals surface area contributed by atoms with Gasteiger partial charge < -0.3 is 20.3 Å². The molecule has 8 heteroatoms. The number of nitrogens with two attached hydrogens (primary N) is 1. The largest absolute Gasteiger partial charge is 0.487 e. The van der Waals surface area contributed by atoms with Gasteiger partial charge in [-0.1, -0.05) is 41.6 Å². The van der Waals surface area contributed by atoms with Gasteiger partial charge in [0.05, 0.1) is 23.3 Å². The molecule has 0 radical (unpaired) electrons. The Kier molecular flexibility index (Phi) is 4.09. The van der Waals surface area contributed by atoms with Crippen molar-refractivity contribution >= 4 is 22.6 Å². The summed E-state index contributed by atoms with van der Waals surface area (Å²) in [4.78, 5) is 20.9. The summed E-state index contributed by atoms with van der Waals surface area (Å²) in [6.45, 7) is 1.15. The molecule has 1 amide bonds. The van der Waals surface area contributed by atoms with Crippen LogP contribution in [0.3, 0.4) is 0 Å². The summed E-state index contributed by atoms with van der Waals surface area (Å²) in [7, 11) is 0. The lowest BCUT2D eigenvalue weighted by Gasteiger charge is -2.11.